The number of anilines is 6. The third kappa shape index (κ3) is 7.26. The predicted molar refractivity (Wildman–Crippen MR) is 343 cm³/mol. The van der Waals surface area contributed by atoms with Crippen molar-refractivity contribution in [1.29, 1.82) is 0 Å². The molecule has 1 spiro atoms. The third-order valence-corrected chi connectivity index (χ3v) is 17.5. The van der Waals surface area contributed by atoms with Crippen LogP contribution in [0.5, 0.6) is 0 Å². The second kappa shape index (κ2) is 18.6. The fraction of sp³-hybridized carbons (Fsp3) is 0.0127. The molecule has 83 heavy (non-hydrogen) atoms. The highest BCUT2D eigenvalue weighted by atomic mass is 16.3. The van der Waals surface area contributed by atoms with E-state index in [0.29, 0.717) is 0 Å². The van der Waals surface area contributed by atoms with Crippen molar-refractivity contribution < 1.29 is 8.83 Å². The molecule has 4 nitrogen and oxygen atoms in total. The molecule has 0 saturated heterocycles. The van der Waals surface area contributed by atoms with E-state index in [9.17, 15) is 0 Å². The fourth-order valence-electron chi connectivity index (χ4n) is 13.9. The Hall–Kier alpha value is -10.9. The summed E-state index contributed by atoms with van der Waals surface area (Å²) in [6, 6.07) is 111. The monoisotopic (exact) mass is 1060 g/mol. The minimum absolute atomic E-state index is 0.514. The van der Waals surface area contributed by atoms with Crippen molar-refractivity contribution >= 4 is 78.0 Å². The van der Waals surface area contributed by atoms with E-state index in [2.05, 4.69) is 301 Å². The summed E-state index contributed by atoms with van der Waals surface area (Å²) >= 11 is 0. The van der Waals surface area contributed by atoms with Crippen molar-refractivity contribution in [2.75, 3.05) is 9.80 Å². The lowest BCUT2D eigenvalue weighted by Crippen LogP contribution is -2.25. The quantitative estimate of drug-likeness (QED) is 0.144. The van der Waals surface area contributed by atoms with E-state index >= 15 is 0 Å². The SMILES string of the molecule is c1ccc(-c2ccc(N(c3cc(-c4cccc5c4-c4ccccc4C54c5ccccc5-c5ccccc54)cc(N(c4ccc(-c5ccccc5)cc4)c4ccc5oc6ccccc6c5c4)c3)c3ccc4oc5ccccc5c4c3)cc2)cc1. The van der Waals surface area contributed by atoms with Gasteiger partial charge < -0.3 is 18.6 Å². The Labute approximate surface area is 480 Å². The summed E-state index contributed by atoms with van der Waals surface area (Å²) in [6.07, 6.45) is 0. The summed E-state index contributed by atoms with van der Waals surface area (Å²) in [5, 5.41) is 4.27. The van der Waals surface area contributed by atoms with Crippen molar-refractivity contribution in [1.82, 2.24) is 0 Å². The molecule has 17 rings (SSSR count). The minimum Gasteiger partial charge on any atom is -0.456 e. The number of furan rings is 2. The fourth-order valence-corrected chi connectivity index (χ4v) is 13.9. The van der Waals surface area contributed by atoms with Gasteiger partial charge in [-0.25, -0.2) is 0 Å². The van der Waals surface area contributed by atoms with Gasteiger partial charge in [-0.05, 0) is 169 Å². The van der Waals surface area contributed by atoms with Gasteiger partial charge in [0.2, 0.25) is 0 Å². The molecule has 4 heteroatoms. The van der Waals surface area contributed by atoms with Gasteiger partial charge >= 0.3 is 0 Å². The molecule has 0 saturated carbocycles. The first-order chi connectivity index (χ1) is 41.1. The molecule has 0 amide bonds. The van der Waals surface area contributed by atoms with Crippen molar-refractivity contribution in [2.45, 2.75) is 5.41 Å². The first-order valence-corrected chi connectivity index (χ1v) is 28.5. The Morgan fingerprint density at radius 1 is 0.217 bits per heavy atom. The molecule has 0 aliphatic heterocycles. The number of fused-ring (bicyclic) bond motifs is 16. The lowest BCUT2D eigenvalue weighted by molar-refractivity contribution is 0.668. The summed E-state index contributed by atoms with van der Waals surface area (Å²) in [6.45, 7) is 0. The van der Waals surface area contributed by atoms with Crippen LogP contribution in [-0.2, 0) is 5.41 Å². The van der Waals surface area contributed by atoms with E-state index in [-0.39, 0.29) is 0 Å². The lowest BCUT2D eigenvalue weighted by Gasteiger charge is -2.31. The number of benzene rings is 13. The van der Waals surface area contributed by atoms with E-state index in [4.69, 9.17) is 8.83 Å². The van der Waals surface area contributed by atoms with Crippen LogP contribution in [0.15, 0.2) is 312 Å². The van der Waals surface area contributed by atoms with Gasteiger partial charge in [0.15, 0.2) is 0 Å². The van der Waals surface area contributed by atoms with Crippen LogP contribution in [0.4, 0.5) is 34.1 Å². The Morgan fingerprint density at radius 3 is 1.10 bits per heavy atom. The normalized spacial score (nSPS) is 12.7. The van der Waals surface area contributed by atoms with Gasteiger partial charge in [-0.2, -0.15) is 0 Å². The highest BCUT2D eigenvalue weighted by molar-refractivity contribution is 6.09. The number of hydrogen-bond acceptors (Lipinski definition) is 4. The minimum atomic E-state index is -0.514. The van der Waals surface area contributed by atoms with E-state index in [1.54, 1.807) is 0 Å². The molecule has 0 unspecified atom stereocenters. The highest BCUT2D eigenvalue weighted by Gasteiger charge is 2.52. The maximum absolute atomic E-state index is 6.50. The van der Waals surface area contributed by atoms with E-state index in [1.165, 1.54) is 55.6 Å². The summed E-state index contributed by atoms with van der Waals surface area (Å²) in [7, 11) is 0. The van der Waals surface area contributed by atoms with Crippen LogP contribution in [-0.4, -0.2) is 0 Å². The lowest BCUT2D eigenvalue weighted by atomic mass is 9.70. The Bertz CT molecular complexity index is 4770. The second-order valence-corrected chi connectivity index (χ2v) is 21.9. The van der Waals surface area contributed by atoms with Crippen LogP contribution in [0, 0.1) is 0 Å². The Balaban J connectivity index is 0.955. The van der Waals surface area contributed by atoms with Crippen LogP contribution in [0.2, 0.25) is 0 Å². The summed E-state index contributed by atoms with van der Waals surface area (Å²) < 4.78 is 13.0. The van der Waals surface area contributed by atoms with Gasteiger partial charge in [0.1, 0.15) is 22.3 Å². The largest absolute Gasteiger partial charge is 0.456 e. The van der Waals surface area contributed by atoms with Crippen LogP contribution >= 0.6 is 0 Å². The maximum Gasteiger partial charge on any atom is 0.135 e. The van der Waals surface area contributed by atoms with E-state index in [1.807, 2.05) is 12.1 Å². The first-order valence-electron chi connectivity index (χ1n) is 28.5. The van der Waals surface area contributed by atoms with Crippen LogP contribution < -0.4 is 9.80 Å². The van der Waals surface area contributed by atoms with Gasteiger partial charge in [0, 0.05) is 55.7 Å². The number of hydrogen-bond donors (Lipinski definition) is 0. The second-order valence-electron chi connectivity index (χ2n) is 21.9. The Kier molecular flexibility index (Phi) is 10.5. The molecular formula is C79H50N2O2. The smallest absolute Gasteiger partial charge is 0.135 e. The molecule has 13 aromatic carbocycles. The molecular weight excluding hydrogens is 1010 g/mol. The molecule has 0 radical (unpaired) electrons. The van der Waals surface area contributed by atoms with Gasteiger partial charge in [0.05, 0.1) is 5.41 Å². The molecule has 0 atom stereocenters. The standard InChI is InChI=1S/C79H50N2O2/c1-3-18-51(19-4-1)53-34-38-56(39-35-53)80(58-42-44-76-68(49-58)65-24-10-15-32-74(65)82-76)60-46-55(62-27-17-31-73-78(62)67-26-9-14-30-72(67)79(73)70-28-12-7-22-63(70)64-23-8-13-29-71(64)79)47-61(48-60)81(57-40-36-54(37-41-57)52-20-5-2-6-21-52)59-43-45-77-69(50-59)66-25-11-16-33-75(66)83-77/h1-50H. The molecule has 2 aromatic heterocycles. The average Bonchev–Trinajstić information content (AvgIpc) is 2.85. The number of para-hydroxylation sites is 2. The molecule has 2 aliphatic rings. The van der Waals surface area contributed by atoms with E-state index < -0.39 is 5.41 Å². The molecule has 0 N–H and O–H groups in total. The van der Waals surface area contributed by atoms with Crippen LogP contribution in [0.25, 0.3) is 99.5 Å². The zero-order valence-electron chi connectivity index (χ0n) is 45.1. The zero-order valence-corrected chi connectivity index (χ0v) is 45.1. The maximum atomic E-state index is 6.50. The molecule has 2 heterocycles. The van der Waals surface area contributed by atoms with Crippen molar-refractivity contribution in [3.8, 4) is 55.6 Å². The predicted octanol–water partition coefficient (Wildman–Crippen LogP) is 21.8. The van der Waals surface area contributed by atoms with Crippen LogP contribution in [0.3, 0.4) is 0 Å². The van der Waals surface area contributed by atoms with E-state index in [0.717, 1.165) is 100 Å². The van der Waals surface area contributed by atoms with Crippen molar-refractivity contribution in [3.63, 3.8) is 0 Å². The highest BCUT2D eigenvalue weighted by Crippen LogP contribution is 2.64. The molecule has 0 fully saturated rings. The van der Waals surface area contributed by atoms with Crippen LogP contribution in [0.1, 0.15) is 22.3 Å². The van der Waals surface area contributed by atoms with Gasteiger partial charge in [-0.1, -0.05) is 212 Å². The topological polar surface area (TPSA) is 32.8 Å². The van der Waals surface area contributed by atoms with Crippen molar-refractivity contribution in [2.24, 2.45) is 0 Å². The average molecular weight is 1060 g/mol. The van der Waals surface area contributed by atoms with Crippen molar-refractivity contribution in [3.05, 3.63) is 326 Å². The first kappa shape index (κ1) is 46.9. The molecule has 15 aromatic rings. The summed E-state index contributed by atoms with van der Waals surface area (Å²) in [5.41, 5.74) is 26.1. The number of nitrogens with zero attached hydrogens (tertiary/aromatic N) is 2. The third-order valence-electron chi connectivity index (χ3n) is 17.5. The zero-order chi connectivity index (χ0) is 54.6. The molecule has 0 bridgehead atoms. The molecule has 388 valence electrons. The van der Waals surface area contributed by atoms with Gasteiger partial charge in [0.25, 0.3) is 0 Å². The Morgan fingerprint density at radius 2 is 0.590 bits per heavy atom. The molecule has 2 aliphatic carbocycles. The number of rotatable bonds is 9. The summed E-state index contributed by atoms with van der Waals surface area (Å²) in [4.78, 5) is 4.85. The summed E-state index contributed by atoms with van der Waals surface area (Å²) in [5.74, 6) is 0. The van der Waals surface area contributed by atoms with Gasteiger partial charge in [-0.15, -0.1) is 0 Å². The van der Waals surface area contributed by atoms with Gasteiger partial charge in [-0.3, -0.25) is 0 Å².